The molecule has 0 unspecified atom stereocenters. The van der Waals surface area contributed by atoms with Gasteiger partial charge in [0.2, 0.25) is 0 Å². The van der Waals surface area contributed by atoms with Crippen LogP contribution in [0.2, 0.25) is 0 Å². The number of aromatic nitrogens is 6. The Kier molecular flexibility index (Phi) is 8.31. The van der Waals surface area contributed by atoms with E-state index in [2.05, 4.69) is 117 Å². The Morgan fingerprint density at radius 3 is 0.893 bits per heavy atom. The molecule has 10 rings (SSSR count). The third kappa shape index (κ3) is 5.91. The van der Waals surface area contributed by atoms with Gasteiger partial charge in [0, 0.05) is 58.1 Å². The highest BCUT2D eigenvalue weighted by Crippen LogP contribution is 2.40. The van der Waals surface area contributed by atoms with Crippen molar-refractivity contribution in [1.82, 2.24) is 29.9 Å². The first kappa shape index (κ1) is 32.8. The highest BCUT2D eigenvalue weighted by atomic mass is 15.2. The van der Waals surface area contributed by atoms with E-state index in [9.17, 15) is 0 Å². The second-order valence-corrected chi connectivity index (χ2v) is 13.2. The number of hydrogen-bond acceptors (Lipinski definition) is 8. The summed E-state index contributed by atoms with van der Waals surface area (Å²) in [5.74, 6) is 3.09. The summed E-state index contributed by atoms with van der Waals surface area (Å²) in [6.45, 7) is 0. The molecule has 56 heavy (non-hydrogen) atoms. The van der Waals surface area contributed by atoms with Crippen LogP contribution in [-0.2, 0) is 0 Å². The first-order valence-corrected chi connectivity index (χ1v) is 18.4. The lowest BCUT2D eigenvalue weighted by Gasteiger charge is -2.23. The average molecular weight is 721 g/mol. The minimum atomic E-state index is 0.772. The van der Waals surface area contributed by atoms with Gasteiger partial charge >= 0.3 is 0 Å². The molecule has 0 bridgehead atoms. The monoisotopic (exact) mass is 720 g/mol. The standard InChI is InChI=1S/C48H32N8/c1-3-15-39-37(13-1)38-14-2-4-16-40(38)48-47(39)53-45(33-21-25-35(26-22-33)55(41-17-5-9-29-49-41)42-18-6-10-30-50-42)46(54-48)34-23-27-36(28-24-34)56(43-19-7-11-31-51-43)44-20-8-12-32-52-44/h1-32H. The number of anilines is 6. The lowest BCUT2D eigenvalue weighted by atomic mass is 9.97. The summed E-state index contributed by atoms with van der Waals surface area (Å²) < 4.78 is 0. The van der Waals surface area contributed by atoms with Gasteiger partial charge < -0.3 is 0 Å². The smallest absolute Gasteiger partial charge is 0.138 e. The topological polar surface area (TPSA) is 83.8 Å². The van der Waals surface area contributed by atoms with Crippen LogP contribution in [0.25, 0.3) is 55.1 Å². The molecule has 0 atom stereocenters. The maximum absolute atomic E-state index is 5.51. The molecular formula is C48H32N8. The van der Waals surface area contributed by atoms with Crippen LogP contribution in [0.5, 0.6) is 0 Å². The number of hydrogen-bond donors (Lipinski definition) is 0. The predicted molar refractivity (Wildman–Crippen MR) is 226 cm³/mol. The molecule has 5 aromatic carbocycles. The molecule has 0 amide bonds. The second-order valence-electron chi connectivity index (χ2n) is 13.2. The van der Waals surface area contributed by atoms with Crippen molar-refractivity contribution in [2.45, 2.75) is 0 Å². The van der Waals surface area contributed by atoms with Crippen molar-refractivity contribution in [1.29, 1.82) is 0 Å². The molecule has 264 valence electrons. The Balaban J connectivity index is 1.16. The van der Waals surface area contributed by atoms with E-state index in [1.807, 2.05) is 82.6 Å². The number of nitrogens with zero attached hydrogens (tertiary/aromatic N) is 8. The van der Waals surface area contributed by atoms with Gasteiger partial charge in [-0.1, -0.05) is 97.1 Å². The summed E-state index contributed by atoms with van der Waals surface area (Å²) in [7, 11) is 0. The number of rotatable bonds is 8. The van der Waals surface area contributed by atoms with Crippen molar-refractivity contribution >= 4 is 67.2 Å². The molecule has 5 aromatic heterocycles. The molecule has 0 radical (unpaired) electrons. The third-order valence-corrected chi connectivity index (χ3v) is 9.86. The van der Waals surface area contributed by atoms with Gasteiger partial charge in [0.25, 0.3) is 0 Å². The van der Waals surface area contributed by atoms with Gasteiger partial charge in [-0.2, -0.15) is 0 Å². The fourth-order valence-corrected chi connectivity index (χ4v) is 7.31. The second kappa shape index (κ2) is 14.2. The summed E-state index contributed by atoms with van der Waals surface area (Å²) in [6.07, 6.45) is 7.17. The van der Waals surface area contributed by atoms with Crippen molar-refractivity contribution in [3.63, 3.8) is 0 Å². The molecule has 8 heteroatoms. The lowest BCUT2D eigenvalue weighted by Crippen LogP contribution is -2.12. The van der Waals surface area contributed by atoms with Crippen LogP contribution in [0, 0.1) is 0 Å². The number of benzene rings is 5. The summed E-state index contributed by atoms with van der Waals surface area (Å²) in [5, 5.41) is 4.42. The predicted octanol–water partition coefficient (Wildman–Crippen LogP) is 11.8. The SMILES string of the molecule is c1ccc(N(c2ccc(-c3nc4c5ccccc5c5ccccc5c4nc3-c3ccc(N(c4ccccn4)c4ccccn4)cc3)cc2)c2ccccn2)nc1. The molecule has 0 saturated carbocycles. The minimum absolute atomic E-state index is 0.772. The van der Waals surface area contributed by atoms with E-state index in [0.717, 1.165) is 89.7 Å². The van der Waals surface area contributed by atoms with Crippen LogP contribution in [-0.4, -0.2) is 29.9 Å². The molecular weight excluding hydrogens is 689 g/mol. The van der Waals surface area contributed by atoms with E-state index in [1.54, 1.807) is 24.8 Å². The van der Waals surface area contributed by atoms with Crippen molar-refractivity contribution in [2.24, 2.45) is 0 Å². The van der Waals surface area contributed by atoms with Crippen LogP contribution in [0.3, 0.4) is 0 Å². The lowest BCUT2D eigenvalue weighted by molar-refractivity contribution is 1.12. The van der Waals surface area contributed by atoms with Crippen LogP contribution in [0.1, 0.15) is 0 Å². The Morgan fingerprint density at radius 2 is 0.589 bits per heavy atom. The Labute approximate surface area is 323 Å². The molecule has 0 N–H and O–H groups in total. The van der Waals surface area contributed by atoms with Gasteiger partial charge in [0.05, 0.1) is 22.4 Å². The zero-order valence-electron chi connectivity index (χ0n) is 30.1. The van der Waals surface area contributed by atoms with E-state index >= 15 is 0 Å². The molecule has 0 aliphatic rings. The maximum Gasteiger partial charge on any atom is 0.138 e. The first-order chi connectivity index (χ1) is 27.8. The Morgan fingerprint density at radius 1 is 0.286 bits per heavy atom. The quantitative estimate of drug-likeness (QED) is 0.143. The number of pyridine rings is 4. The molecule has 0 aliphatic carbocycles. The summed E-state index contributed by atoms with van der Waals surface area (Å²) in [4.78, 5) is 33.8. The third-order valence-electron chi connectivity index (χ3n) is 9.86. The molecule has 0 aliphatic heterocycles. The Hall–Kier alpha value is -7.84. The van der Waals surface area contributed by atoms with Crippen molar-refractivity contribution in [3.8, 4) is 22.5 Å². The highest BCUT2D eigenvalue weighted by molar-refractivity contribution is 6.23. The first-order valence-electron chi connectivity index (χ1n) is 18.4. The average Bonchev–Trinajstić information content (AvgIpc) is 3.28. The molecule has 10 aromatic rings. The normalized spacial score (nSPS) is 11.2. The molecule has 0 fully saturated rings. The van der Waals surface area contributed by atoms with Crippen molar-refractivity contribution < 1.29 is 0 Å². The van der Waals surface area contributed by atoms with E-state index in [0.29, 0.717) is 0 Å². The van der Waals surface area contributed by atoms with Crippen molar-refractivity contribution in [3.05, 3.63) is 195 Å². The van der Waals surface area contributed by atoms with Gasteiger partial charge in [-0.05, 0) is 83.6 Å². The van der Waals surface area contributed by atoms with E-state index in [4.69, 9.17) is 9.97 Å². The summed E-state index contributed by atoms with van der Waals surface area (Å²) in [5.41, 5.74) is 7.00. The molecule has 0 spiro atoms. The fourth-order valence-electron chi connectivity index (χ4n) is 7.31. The van der Waals surface area contributed by atoms with E-state index in [-0.39, 0.29) is 0 Å². The van der Waals surface area contributed by atoms with Crippen LogP contribution < -0.4 is 9.80 Å². The van der Waals surface area contributed by atoms with Crippen LogP contribution in [0.15, 0.2) is 195 Å². The molecule has 8 nitrogen and oxygen atoms in total. The largest absolute Gasteiger partial charge is 0.279 e. The van der Waals surface area contributed by atoms with Gasteiger partial charge in [-0.15, -0.1) is 0 Å². The minimum Gasteiger partial charge on any atom is -0.279 e. The maximum atomic E-state index is 5.51. The highest BCUT2D eigenvalue weighted by Gasteiger charge is 2.21. The van der Waals surface area contributed by atoms with E-state index in [1.165, 1.54) is 0 Å². The number of fused-ring (bicyclic) bond motifs is 6. The van der Waals surface area contributed by atoms with E-state index < -0.39 is 0 Å². The van der Waals surface area contributed by atoms with Gasteiger partial charge in [0.1, 0.15) is 23.3 Å². The summed E-state index contributed by atoms with van der Waals surface area (Å²) >= 11 is 0. The molecule has 0 saturated heterocycles. The zero-order valence-corrected chi connectivity index (χ0v) is 30.1. The van der Waals surface area contributed by atoms with Gasteiger partial charge in [0.15, 0.2) is 0 Å². The summed E-state index contributed by atoms with van der Waals surface area (Å²) in [6, 6.07) is 57.2. The molecule has 5 heterocycles. The zero-order chi connectivity index (χ0) is 37.3. The van der Waals surface area contributed by atoms with Gasteiger partial charge in [-0.3, -0.25) is 9.80 Å². The van der Waals surface area contributed by atoms with Gasteiger partial charge in [-0.25, -0.2) is 29.9 Å². The fraction of sp³-hybridized carbons (Fsp3) is 0. The van der Waals surface area contributed by atoms with Crippen LogP contribution >= 0.6 is 0 Å². The van der Waals surface area contributed by atoms with Crippen LogP contribution in [0.4, 0.5) is 34.6 Å². The van der Waals surface area contributed by atoms with Crippen molar-refractivity contribution in [2.75, 3.05) is 9.80 Å². The Bertz CT molecular complexity index is 2660.